The molecule has 2 aromatic rings. The number of carbonyl (C=O) groups excluding carboxylic acids is 4. The molecule has 2 saturated carbocycles. The van der Waals surface area contributed by atoms with Crippen molar-refractivity contribution in [3.05, 3.63) is 35.4 Å². The number of fused-ring (bicyclic) bond motifs is 4. The van der Waals surface area contributed by atoms with Crippen molar-refractivity contribution < 1.29 is 79.0 Å². The van der Waals surface area contributed by atoms with Crippen LogP contribution in [-0.2, 0) is 19.1 Å². The Balaban J connectivity index is 1.53. The van der Waals surface area contributed by atoms with Crippen molar-refractivity contribution >= 4 is 23.5 Å². The van der Waals surface area contributed by atoms with E-state index in [-0.39, 0.29) is 24.0 Å². The number of esters is 2. The monoisotopic (exact) mass is 674 g/mol. The van der Waals surface area contributed by atoms with Gasteiger partial charge in [-0.2, -0.15) is 0 Å². The molecule has 10 atom stereocenters. The van der Waals surface area contributed by atoms with Gasteiger partial charge in [0.1, 0.15) is 46.3 Å². The normalized spacial score (nSPS) is 38.3. The lowest BCUT2D eigenvalue weighted by Gasteiger charge is -2.55. The standard InChI is InChI=1S/C32H34O16/c1-11-9-17(33)29(43)25(39)19-15(47-31(29,23(11)37)27(41)45-3)7-5-13(21(19)35)14-6-8-16-20(22(14)36)26(40)30(44)18(34)10-12(2)24(38)32(30,48-16)28(42)46-4/h5-8,11-12,17-18,23-24,33-38,43-44H,9-10H2,1-4H3/t11-,12+,17-,18+,23-,24+,29-,30+,31-,32-/m1/s1. The van der Waals surface area contributed by atoms with E-state index in [1.165, 1.54) is 13.8 Å². The van der Waals surface area contributed by atoms with Crippen LogP contribution in [-0.4, -0.2) is 125 Å². The van der Waals surface area contributed by atoms with E-state index < -0.39 is 116 Å². The molecule has 48 heavy (non-hydrogen) atoms. The second-order valence-electron chi connectivity index (χ2n) is 12.9. The molecule has 0 aromatic heterocycles. The van der Waals surface area contributed by atoms with Gasteiger partial charge in [0.05, 0.1) is 26.4 Å². The first kappa shape index (κ1) is 33.6. The number of phenolic OH excluding ortho intramolecular Hbond substituents is 2. The van der Waals surface area contributed by atoms with Crippen LogP contribution in [0, 0.1) is 11.8 Å². The third-order valence-electron chi connectivity index (χ3n) is 10.4. The van der Waals surface area contributed by atoms with Crippen LogP contribution in [0.4, 0.5) is 0 Å². The fraction of sp³-hybridized carbons (Fsp3) is 0.500. The molecule has 6 rings (SSSR count). The van der Waals surface area contributed by atoms with Gasteiger partial charge in [0.15, 0.2) is 0 Å². The summed E-state index contributed by atoms with van der Waals surface area (Å²) >= 11 is 0. The predicted molar refractivity (Wildman–Crippen MR) is 156 cm³/mol. The average molecular weight is 675 g/mol. The number of phenols is 2. The summed E-state index contributed by atoms with van der Waals surface area (Å²) in [6, 6.07) is 4.35. The van der Waals surface area contributed by atoms with E-state index in [4.69, 9.17) is 18.9 Å². The molecule has 2 aromatic carbocycles. The Hall–Kier alpha value is -4.32. The maximum atomic E-state index is 14.0. The minimum atomic E-state index is -3.16. The zero-order valence-corrected chi connectivity index (χ0v) is 26.0. The van der Waals surface area contributed by atoms with E-state index in [0.29, 0.717) is 0 Å². The Bertz CT molecular complexity index is 1640. The molecule has 0 radical (unpaired) electrons. The quantitative estimate of drug-likeness (QED) is 0.176. The lowest BCUT2D eigenvalue weighted by molar-refractivity contribution is -0.249. The smallest absolute Gasteiger partial charge is 0.356 e. The molecule has 8 N–H and O–H groups in total. The molecule has 2 fully saturated rings. The molecule has 0 spiro atoms. The fourth-order valence-electron chi connectivity index (χ4n) is 7.82. The molecule has 0 amide bonds. The summed E-state index contributed by atoms with van der Waals surface area (Å²) < 4.78 is 21.1. The summed E-state index contributed by atoms with van der Waals surface area (Å²) in [6.07, 6.45) is -8.39. The molecule has 16 nitrogen and oxygen atoms in total. The minimum Gasteiger partial charge on any atom is -0.506 e. The maximum absolute atomic E-state index is 14.0. The molecule has 16 heteroatoms. The van der Waals surface area contributed by atoms with Crippen molar-refractivity contribution in [1.82, 2.24) is 0 Å². The van der Waals surface area contributed by atoms with Crippen molar-refractivity contribution in [2.45, 2.75) is 73.5 Å². The molecular formula is C32H34O16. The number of aliphatic hydroxyl groups excluding tert-OH is 4. The topological polar surface area (TPSA) is 267 Å². The van der Waals surface area contributed by atoms with Crippen LogP contribution in [0.2, 0.25) is 0 Å². The second-order valence-corrected chi connectivity index (χ2v) is 12.9. The third-order valence-corrected chi connectivity index (χ3v) is 10.4. The summed E-state index contributed by atoms with van der Waals surface area (Å²) in [5.74, 6) is -10.2. The summed E-state index contributed by atoms with van der Waals surface area (Å²) in [4.78, 5) is 54.2. The van der Waals surface area contributed by atoms with Crippen LogP contribution in [0.5, 0.6) is 23.0 Å². The van der Waals surface area contributed by atoms with Gasteiger partial charge in [0.25, 0.3) is 11.2 Å². The van der Waals surface area contributed by atoms with Crippen LogP contribution in [0.3, 0.4) is 0 Å². The van der Waals surface area contributed by atoms with Gasteiger partial charge in [-0.3, -0.25) is 9.59 Å². The number of carbonyl (C=O) groups is 4. The van der Waals surface area contributed by atoms with Gasteiger partial charge in [-0.25, -0.2) is 9.59 Å². The number of ketones is 2. The lowest BCUT2D eigenvalue weighted by atomic mass is 9.60. The first-order chi connectivity index (χ1) is 22.4. The van der Waals surface area contributed by atoms with E-state index >= 15 is 0 Å². The number of aliphatic hydroxyl groups is 6. The van der Waals surface area contributed by atoms with Crippen molar-refractivity contribution in [3.8, 4) is 34.1 Å². The zero-order chi connectivity index (χ0) is 35.5. The van der Waals surface area contributed by atoms with E-state index in [1.54, 1.807) is 0 Å². The van der Waals surface area contributed by atoms with Gasteiger partial charge in [-0.15, -0.1) is 0 Å². The highest BCUT2D eigenvalue weighted by atomic mass is 16.6. The molecular weight excluding hydrogens is 640 g/mol. The van der Waals surface area contributed by atoms with E-state index in [9.17, 15) is 60.0 Å². The zero-order valence-electron chi connectivity index (χ0n) is 26.0. The highest BCUT2D eigenvalue weighted by Gasteiger charge is 2.77. The molecule has 0 unspecified atom stereocenters. The molecule has 2 aliphatic carbocycles. The van der Waals surface area contributed by atoms with Crippen LogP contribution in [0.1, 0.15) is 47.4 Å². The van der Waals surface area contributed by atoms with Gasteiger partial charge in [-0.1, -0.05) is 13.8 Å². The molecule has 0 saturated heterocycles. The number of hydrogen-bond acceptors (Lipinski definition) is 16. The summed E-state index contributed by atoms with van der Waals surface area (Å²) in [7, 11) is 1.84. The number of ether oxygens (including phenoxy) is 4. The van der Waals surface area contributed by atoms with E-state index in [1.807, 2.05) is 0 Å². The largest absolute Gasteiger partial charge is 0.506 e. The Kier molecular flexibility index (Phi) is 7.41. The Morgan fingerprint density at radius 2 is 1.02 bits per heavy atom. The van der Waals surface area contributed by atoms with E-state index in [0.717, 1.165) is 38.5 Å². The average Bonchev–Trinajstić information content (AvgIpc) is 3.05. The number of Topliss-reactive ketones (excluding diaryl/α,β-unsaturated/α-hetero) is 2. The molecule has 4 aliphatic rings. The number of hydrogen-bond donors (Lipinski definition) is 8. The highest BCUT2D eigenvalue weighted by Crippen LogP contribution is 2.56. The minimum absolute atomic E-state index is 0.357. The summed E-state index contributed by atoms with van der Waals surface area (Å²) in [5, 5.41) is 90.4. The first-order valence-corrected chi connectivity index (χ1v) is 15.0. The molecule has 258 valence electrons. The van der Waals surface area contributed by atoms with Gasteiger partial charge in [0, 0.05) is 11.1 Å². The Morgan fingerprint density at radius 3 is 1.33 bits per heavy atom. The van der Waals surface area contributed by atoms with Crippen LogP contribution in [0.25, 0.3) is 11.1 Å². The molecule has 2 heterocycles. The Labute approximate surface area is 271 Å². The number of benzene rings is 2. The van der Waals surface area contributed by atoms with Gasteiger partial charge in [-0.05, 0) is 48.9 Å². The van der Waals surface area contributed by atoms with Crippen LogP contribution < -0.4 is 9.47 Å². The fourth-order valence-corrected chi connectivity index (χ4v) is 7.82. The van der Waals surface area contributed by atoms with Crippen molar-refractivity contribution in [3.63, 3.8) is 0 Å². The van der Waals surface area contributed by atoms with Crippen LogP contribution in [0.15, 0.2) is 24.3 Å². The van der Waals surface area contributed by atoms with Crippen molar-refractivity contribution in [2.75, 3.05) is 14.2 Å². The maximum Gasteiger partial charge on any atom is 0.356 e. The van der Waals surface area contributed by atoms with Gasteiger partial charge >= 0.3 is 11.9 Å². The summed E-state index contributed by atoms with van der Waals surface area (Å²) in [5.41, 5.74) is -14.2. The predicted octanol–water partition coefficient (Wildman–Crippen LogP) is -1.28. The molecule has 0 bridgehead atoms. The number of rotatable bonds is 3. The number of methoxy groups -OCH3 is 2. The van der Waals surface area contributed by atoms with Crippen LogP contribution >= 0.6 is 0 Å². The SMILES string of the molecule is COC(=O)[C@@]12Oc3ccc(-c4ccc5c(c4O)C(=O)[C@]4(O)[C@H](O)C[C@@H](C)[C@@H](O)[C@]4(C(=O)OC)O5)c(O)c3C(=O)[C@@]1(O)[C@@H](O)C[C@H](C)[C@@H]2O. The Morgan fingerprint density at radius 1 is 0.688 bits per heavy atom. The van der Waals surface area contributed by atoms with E-state index in [2.05, 4.69) is 0 Å². The first-order valence-electron chi connectivity index (χ1n) is 15.0. The highest BCUT2D eigenvalue weighted by molar-refractivity contribution is 6.16. The molecule has 2 aliphatic heterocycles. The van der Waals surface area contributed by atoms with Gasteiger partial charge in [0.2, 0.25) is 22.8 Å². The summed E-state index contributed by atoms with van der Waals surface area (Å²) in [6.45, 7) is 2.90. The second kappa shape index (κ2) is 10.6. The number of aromatic hydroxyl groups is 2. The van der Waals surface area contributed by atoms with Crippen molar-refractivity contribution in [1.29, 1.82) is 0 Å². The van der Waals surface area contributed by atoms with Gasteiger partial charge < -0.3 is 59.8 Å². The van der Waals surface area contributed by atoms with Crippen molar-refractivity contribution in [2.24, 2.45) is 11.8 Å². The lowest BCUT2D eigenvalue weighted by Crippen LogP contribution is -2.81. The third kappa shape index (κ3) is 3.64.